The molecule has 0 bridgehead atoms. The highest BCUT2D eigenvalue weighted by Crippen LogP contribution is 2.47. The van der Waals surface area contributed by atoms with Crippen LogP contribution in [0.15, 0.2) is 18.2 Å². The number of amides is 1. The largest absolute Gasteiger partial charge is 0.469 e. The molecule has 3 saturated heterocycles. The minimum absolute atomic E-state index is 0.00645. The Morgan fingerprint density at radius 2 is 1.95 bits per heavy atom. The maximum atomic E-state index is 17.3. The molecule has 0 radical (unpaired) electrons. The van der Waals surface area contributed by atoms with Gasteiger partial charge in [-0.3, -0.25) is 15.0 Å². The maximum Gasteiger partial charge on any atom is 0.412 e. The van der Waals surface area contributed by atoms with Crippen LogP contribution in [0.5, 0.6) is 6.01 Å². The van der Waals surface area contributed by atoms with Crippen LogP contribution >= 0.6 is 22.9 Å². The predicted molar refractivity (Wildman–Crippen MR) is 205 cm³/mol. The first-order chi connectivity index (χ1) is 26.2. The monoisotopic (exact) mass is 798 g/mol. The number of nitriles is 1. The summed E-state index contributed by atoms with van der Waals surface area (Å²) in [6.07, 6.45) is 2.79. The Morgan fingerprint density at radius 1 is 1.15 bits per heavy atom. The Labute approximate surface area is 325 Å². The van der Waals surface area contributed by atoms with E-state index in [-0.39, 0.29) is 72.2 Å². The van der Waals surface area contributed by atoms with Crippen LogP contribution in [-0.4, -0.2) is 84.1 Å². The van der Waals surface area contributed by atoms with Crippen LogP contribution in [0, 0.1) is 28.9 Å². The molecule has 3 aliphatic heterocycles. The Kier molecular flexibility index (Phi) is 10.8. The Hall–Kier alpha value is -4.39. The highest BCUT2D eigenvalue weighted by molar-refractivity contribution is 7.23. The summed E-state index contributed by atoms with van der Waals surface area (Å²) in [5.74, 6) is -1.79. The number of benzene rings is 2. The van der Waals surface area contributed by atoms with Crippen molar-refractivity contribution in [2.24, 2.45) is 5.92 Å². The van der Waals surface area contributed by atoms with Crippen molar-refractivity contribution in [1.29, 1.82) is 5.26 Å². The van der Waals surface area contributed by atoms with Crippen molar-refractivity contribution in [3.8, 4) is 23.2 Å². The second-order valence-corrected chi connectivity index (χ2v) is 16.9. The number of carbonyl (C=O) groups is 2. The van der Waals surface area contributed by atoms with Crippen molar-refractivity contribution in [2.45, 2.75) is 83.0 Å². The molecular formula is C39H42ClF3N6O5S. The van der Waals surface area contributed by atoms with Gasteiger partial charge in [-0.2, -0.15) is 15.2 Å². The summed E-state index contributed by atoms with van der Waals surface area (Å²) in [7, 11) is 1.37. The third kappa shape index (κ3) is 7.60. The van der Waals surface area contributed by atoms with Crippen molar-refractivity contribution >= 4 is 66.8 Å². The molecule has 0 aliphatic carbocycles. The molecule has 1 unspecified atom stereocenters. The van der Waals surface area contributed by atoms with E-state index in [4.69, 9.17) is 30.8 Å². The smallest absolute Gasteiger partial charge is 0.412 e. The van der Waals surface area contributed by atoms with Gasteiger partial charge in [0.15, 0.2) is 5.82 Å². The van der Waals surface area contributed by atoms with Crippen LogP contribution in [-0.2, 0) is 14.3 Å². The summed E-state index contributed by atoms with van der Waals surface area (Å²) < 4.78 is 64.1. The lowest BCUT2D eigenvalue weighted by Gasteiger charge is -2.31. The SMILES string of the molecule is COC(=O)C1CCCCN(c2nc(OC[C@@]34CCCN3C[C@H](F)C4)nc3c(F)c(-c4ccc(F)c5sc(NC(=O)OC(C)(C)C)c(C#N)c45)c(Cl)cc23)CC1. The number of nitrogens with one attached hydrogen (secondary N) is 1. The highest BCUT2D eigenvalue weighted by atomic mass is 35.5. The fraction of sp³-hybridized carbons (Fsp3) is 0.513. The van der Waals surface area contributed by atoms with Gasteiger partial charge in [0.25, 0.3) is 0 Å². The number of hydrogen-bond donors (Lipinski definition) is 1. The number of esters is 1. The summed E-state index contributed by atoms with van der Waals surface area (Å²) in [5, 5.41) is 13.2. The van der Waals surface area contributed by atoms with Gasteiger partial charge in [0.2, 0.25) is 0 Å². The number of ether oxygens (including phenoxy) is 3. The summed E-state index contributed by atoms with van der Waals surface area (Å²) in [4.78, 5) is 38.7. The fourth-order valence-electron chi connectivity index (χ4n) is 8.21. The molecule has 55 heavy (non-hydrogen) atoms. The van der Waals surface area contributed by atoms with Gasteiger partial charge in [-0.05, 0) is 77.1 Å². The number of fused-ring (bicyclic) bond motifs is 3. The topological polar surface area (TPSA) is 130 Å². The van der Waals surface area contributed by atoms with Crippen LogP contribution in [0.2, 0.25) is 5.02 Å². The first-order valence-corrected chi connectivity index (χ1v) is 19.6. The molecule has 0 saturated carbocycles. The molecule has 7 rings (SSSR count). The highest BCUT2D eigenvalue weighted by Gasteiger charge is 2.49. The van der Waals surface area contributed by atoms with Gasteiger partial charge in [0, 0.05) is 42.4 Å². The molecule has 16 heteroatoms. The third-order valence-electron chi connectivity index (χ3n) is 10.7. The first kappa shape index (κ1) is 38.9. The molecule has 2 aromatic carbocycles. The van der Waals surface area contributed by atoms with E-state index in [2.05, 4.69) is 15.2 Å². The van der Waals surface area contributed by atoms with Crippen molar-refractivity contribution in [3.05, 3.63) is 40.4 Å². The number of carbonyl (C=O) groups excluding carboxylic acids is 2. The van der Waals surface area contributed by atoms with Gasteiger partial charge in [-0.15, -0.1) is 11.3 Å². The number of methoxy groups -OCH3 is 1. The quantitative estimate of drug-likeness (QED) is 0.181. The lowest BCUT2D eigenvalue weighted by atomic mass is 9.95. The summed E-state index contributed by atoms with van der Waals surface area (Å²) in [6, 6.07) is 5.97. The number of hydrogen-bond acceptors (Lipinski definition) is 11. The van der Waals surface area contributed by atoms with Crippen molar-refractivity contribution in [2.75, 3.05) is 50.1 Å². The zero-order valence-corrected chi connectivity index (χ0v) is 32.6. The summed E-state index contributed by atoms with van der Waals surface area (Å²) >= 11 is 7.76. The second kappa shape index (κ2) is 15.3. The number of rotatable bonds is 7. The van der Waals surface area contributed by atoms with Gasteiger partial charge >= 0.3 is 18.1 Å². The Bertz CT molecular complexity index is 2210. The standard InChI is InChI=1S/C39H42ClF3N6O5S/c1-38(2,3)54-37(51)47-34-25(18-44)28-23(9-10-27(42)32(28)55-34)29-26(40)16-24-31(30(29)43)45-36(53-20-39-12-7-14-49(39)19-22(41)17-39)46-33(24)48-13-6-5-8-21(11-15-48)35(50)52-4/h9-10,16,21-22H,5-8,11-15,17,19-20H2,1-4H3,(H,47,51)/t21?,22-,39+/m1/s1. The molecule has 5 heterocycles. The number of alkyl halides is 1. The van der Waals surface area contributed by atoms with E-state index >= 15 is 8.78 Å². The summed E-state index contributed by atoms with van der Waals surface area (Å²) in [5.41, 5.74) is -1.60. The number of aromatic nitrogens is 2. The molecule has 1 N–H and O–H groups in total. The molecule has 3 atom stereocenters. The van der Waals surface area contributed by atoms with E-state index in [0.717, 1.165) is 49.6 Å². The molecule has 1 amide bonds. The van der Waals surface area contributed by atoms with Gasteiger partial charge in [0.1, 0.15) is 46.6 Å². The van der Waals surface area contributed by atoms with Crippen molar-refractivity contribution < 1.29 is 37.0 Å². The third-order valence-corrected chi connectivity index (χ3v) is 12.1. The molecule has 11 nitrogen and oxygen atoms in total. The average Bonchev–Trinajstić information content (AvgIpc) is 3.77. The predicted octanol–water partition coefficient (Wildman–Crippen LogP) is 8.79. The van der Waals surface area contributed by atoms with E-state index in [1.54, 1.807) is 26.8 Å². The van der Waals surface area contributed by atoms with Gasteiger partial charge in [0.05, 0.1) is 33.9 Å². The zero-order valence-electron chi connectivity index (χ0n) is 31.1. The normalized spacial score (nSPS) is 21.9. The molecule has 292 valence electrons. The van der Waals surface area contributed by atoms with Crippen LogP contribution < -0.4 is 15.0 Å². The van der Waals surface area contributed by atoms with Crippen LogP contribution in [0.4, 0.5) is 28.8 Å². The minimum Gasteiger partial charge on any atom is -0.469 e. The maximum absolute atomic E-state index is 17.3. The van der Waals surface area contributed by atoms with Gasteiger partial charge in [-0.1, -0.05) is 24.1 Å². The molecule has 3 fully saturated rings. The van der Waals surface area contributed by atoms with Gasteiger partial charge < -0.3 is 19.1 Å². The first-order valence-electron chi connectivity index (χ1n) is 18.4. The molecule has 2 aromatic heterocycles. The van der Waals surface area contributed by atoms with E-state index in [1.807, 2.05) is 11.0 Å². The van der Waals surface area contributed by atoms with E-state index < -0.39 is 35.0 Å². The number of thiophene rings is 1. The van der Waals surface area contributed by atoms with E-state index in [1.165, 1.54) is 13.2 Å². The summed E-state index contributed by atoms with van der Waals surface area (Å²) in [6.45, 7) is 7.19. The second-order valence-electron chi connectivity index (χ2n) is 15.5. The molecule has 4 aromatic rings. The van der Waals surface area contributed by atoms with Crippen LogP contribution in [0.25, 0.3) is 32.1 Å². The molecule has 3 aliphatic rings. The fourth-order valence-corrected chi connectivity index (χ4v) is 9.57. The minimum atomic E-state index is -0.981. The van der Waals surface area contributed by atoms with Crippen molar-refractivity contribution in [3.63, 3.8) is 0 Å². The number of nitrogens with zero attached hydrogens (tertiary/aromatic N) is 5. The average molecular weight is 799 g/mol. The zero-order chi connectivity index (χ0) is 39.2. The number of anilines is 2. The van der Waals surface area contributed by atoms with E-state index in [9.17, 15) is 19.2 Å². The Morgan fingerprint density at radius 3 is 2.69 bits per heavy atom. The number of halogens is 4. The van der Waals surface area contributed by atoms with E-state index in [0.29, 0.717) is 44.7 Å². The van der Waals surface area contributed by atoms with Crippen LogP contribution in [0.1, 0.15) is 71.3 Å². The molecule has 0 spiro atoms. The molecular weight excluding hydrogens is 757 g/mol. The van der Waals surface area contributed by atoms with Gasteiger partial charge in [-0.25, -0.2) is 18.0 Å². The van der Waals surface area contributed by atoms with Crippen molar-refractivity contribution in [1.82, 2.24) is 14.9 Å². The lowest BCUT2D eigenvalue weighted by Crippen LogP contribution is -2.43. The van der Waals surface area contributed by atoms with Crippen LogP contribution in [0.3, 0.4) is 0 Å². The Balaban J connectivity index is 1.36. The lowest BCUT2D eigenvalue weighted by molar-refractivity contribution is -0.146.